The molecule has 3 heteroatoms. The van der Waals surface area contributed by atoms with Crippen molar-refractivity contribution in [3.05, 3.63) is 0 Å². The van der Waals surface area contributed by atoms with E-state index < -0.39 is 5.41 Å². The Morgan fingerprint density at radius 1 is 1.18 bits per heavy atom. The molecule has 0 aromatic heterocycles. The van der Waals surface area contributed by atoms with Crippen LogP contribution in [0, 0.1) is 5.41 Å². The van der Waals surface area contributed by atoms with Crippen molar-refractivity contribution in [2.24, 2.45) is 11.1 Å². The molecule has 0 aliphatic heterocycles. The lowest BCUT2D eigenvalue weighted by Gasteiger charge is -2.36. The van der Waals surface area contributed by atoms with E-state index in [-0.39, 0.29) is 12.0 Å². The van der Waals surface area contributed by atoms with Gasteiger partial charge in [-0.15, -0.1) is 0 Å². The van der Waals surface area contributed by atoms with Crippen LogP contribution in [0.3, 0.4) is 0 Å². The van der Waals surface area contributed by atoms with Gasteiger partial charge in [0.25, 0.3) is 0 Å². The number of hydrogen-bond acceptors (Lipinski definition) is 3. The van der Waals surface area contributed by atoms with Gasteiger partial charge in [-0.05, 0) is 19.3 Å². The molecular weight excluding hydrogens is 214 g/mol. The molecule has 0 aromatic rings. The molecular formula is C14H29NO2. The molecule has 1 unspecified atom stereocenters. The number of rotatable bonds is 9. The minimum absolute atomic E-state index is 0.0898. The van der Waals surface area contributed by atoms with Crippen molar-refractivity contribution in [1.82, 2.24) is 0 Å². The Morgan fingerprint density at radius 2 is 1.65 bits per heavy atom. The van der Waals surface area contributed by atoms with Crippen molar-refractivity contribution < 1.29 is 9.53 Å². The zero-order valence-corrected chi connectivity index (χ0v) is 11.9. The average molecular weight is 243 g/mol. The van der Waals surface area contributed by atoms with Crippen LogP contribution in [-0.4, -0.2) is 19.1 Å². The van der Waals surface area contributed by atoms with Crippen molar-refractivity contribution >= 4 is 5.97 Å². The number of hydrogen-bond donors (Lipinski definition) is 1. The van der Waals surface area contributed by atoms with E-state index in [1.165, 1.54) is 7.11 Å². The minimum atomic E-state index is -0.463. The molecule has 0 aliphatic carbocycles. The van der Waals surface area contributed by atoms with E-state index in [0.717, 1.165) is 44.9 Å². The molecule has 0 spiro atoms. The zero-order valence-electron chi connectivity index (χ0n) is 11.9. The Morgan fingerprint density at radius 3 is 1.94 bits per heavy atom. The van der Waals surface area contributed by atoms with Crippen LogP contribution in [0.15, 0.2) is 0 Å². The van der Waals surface area contributed by atoms with Crippen LogP contribution < -0.4 is 5.73 Å². The molecule has 0 saturated heterocycles. The van der Waals surface area contributed by atoms with Crippen molar-refractivity contribution in [2.45, 2.75) is 71.8 Å². The van der Waals surface area contributed by atoms with Gasteiger partial charge in [-0.25, -0.2) is 0 Å². The van der Waals surface area contributed by atoms with Gasteiger partial charge in [0.2, 0.25) is 0 Å². The van der Waals surface area contributed by atoms with Crippen molar-refractivity contribution in [2.75, 3.05) is 7.11 Å². The number of nitrogens with two attached hydrogens (primary N) is 1. The largest absolute Gasteiger partial charge is 0.469 e. The molecule has 3 nitrogen and oxygen atoms in total. The van der Waals surface area contributed by atoms with Crippen LogP contribution in [0.25, 0.3) is 0 Å². The fourth-order valence-corrected chi connectivity index (χ4v) is 2.43. The fraction of sp³-hybridized carbons (Fsp3) is 0.929. The van der Waals surface area contributed by atoms with Crippen LogP contribution in [0.5, 0.6) is 0 Å². The predicted molar refractivity (Wildman–Crippen MR) is 71.8 cm³/mol. The van der Waals surface area contributed by atoms with Gasteiger partial charge in [0, 0.05) is 6.04 Å². The summed E-state index contributed by atoms with van der Waals surface area (Å²) >= 11 is 0. The van der Waals surface area contributed by atoms with E-state index in [4.69, 9.17) is 10.5 Å². The number of unbranched alkanes of at least 4 members (excludes halogenated alkanes) is 2. The Kier molecular flexibility index (Phi) is 8.23. The third-order valence-electron chi connectivity index (χ3n) is 3.69. The van der Waals surface area contributed by atoms with Gasteiger partial charge in [-0.2, -0.15) is 0 Å². The maximum atomic E-state index is 12.1. The van der Waals surface area contributed by atoms with Crippen molar-refractivity contribution in [3.63, 3.8) is 0 Å². The Hall–Kier alpha value is -0.570. The van der Waals surface area contributed by atoms with E-state index in [1.54, 1.807) is 0 Å². The van der Waals surface area contributed by atoms with E-state index in [1.807, 2.05) is 6.92 Å². The normalized spacial score (nSPS) is 13.5. The SMILES string of the molecule is CCCCC(CCCC)(C(=O)OC)C(N)CC. The number of carbonyl (C=O) groups excluding carboxylic acids is 1. The number of esters is 1. The zero-order chi connectivity index (χ0) is 13.3. The van der Waals surface area contributed by atoms with Gasteiger partial charge in [0.1, 0.15) is 0 Å². The molecule has 0 aliphatic rings. The van der Waals surface area contributed by atoms with Crippen LogP contribution in [-0.2, 0) is 9.53 Å². The van der Waals surface area contributed by atoms with E-state index in [0.29, 0.717) is 0 Å². The summed E-state index contributed by atoms with van der Waals surface area (Å²) < 4.78 is 5.01. The Labute approximate surface area is 106 Å². The molecule has 0 aromatic carbocycles. The highest BCUT2D eigenvalue weighted by molar-refractivity contribution is 5.77. The molecule has 0 heterocycles. The fourth-order valence-electron chi connectivity index (χ4n) is 2.43. The van der Waals surface area contributed by atoms with Gasteiger partial charge in [-0.3, -0.25) is 4.79 Å². The lowest BCUT2D eigenvalue weighted by atomic mass is 9.71. The van der Waals surface area contributed by atoms with Gasteiger partial charge in [-0.1, -0.05) is 46.5 Å². The summed E-state index contributed by atoms with van der Waals surface area (Å²) in [7, 11) is 1.47. The minimum Gasteiger partial charge on any atom is -0.469 e. The van der Waals surface area contributed by atoms with Gasteiger partial charge >= 0.3 is 5.97 Å². The summed E-state index contributed by atoms with van der Waals surface area (Å²) in [5.41, 5.74) is 5.75. The summed E-state index contributed by atoms with van der Waals surface area (Å²) in [6, 6.07) is -0.0898. The molecule has 2 N–H and O–H groups in total. The van der Waals surface area contributed by atoms with Crippen LogP contribution >= 0.6 is 0 Å². The van der Waals surface area contributed by atoms with Crippen LogP contribution in [0.2, 0.25) is 0 Å². The van der Waals surface area contributed by atoms with Crippen molar-refractivity contribution in [3.8, 4) is 0 Å². The highest BCUT2D eigenvalue weighted by atomic mass is 16.5. The molecule has 102 valence electrons. The summed E-state index contributed by atoms with van der Waals surface area (Å²) in [5, 5.41) is 0. The predicted octanol–water partition coefficient (Wildman–Crippen LogP) is 3.26. The maximum Gasteiger partial charge on any atom is 0.313 e. The molecule has 0 bridgehead atoms. The lowest BCUT2D eigenvalue weighted by Crippen LogP contribution is -2.48. The molecule has 17 heavy (non-hydrogen) atoms. The average Bonchev–Trinajstić information content (AvgIpc) is 2.37. The topological polar surface area (TPSA) is 52.3 Å². The van der Waals surface area contributed by atoms with Crippen LogP contribution in [0.4, 0.5) is 0 Å². The number of methoxy groups -OCH3 is 1. The molecule has 0 fully saturated rings. The highest BCUT2D eigenvalue weighted by Crippen LogP contribution is 2.36. The van der Waals surface area contributed by atoms with Crippen molar-refractivity contribution in [1.29, 1.82) is 0 Å². The smallest absolute Gasteiger partial charge is 0.313 e. The molecule has 0 amide bonds. The number of carbonyl (C=O) groups is 1. The van der Waals surface area contributed by atoms with E-state index >= 15 is 0 Å². The first-order chi connectivity index (χ1) is 8.08. The molecule has 0 rings (SSSR count). The van der Waals surface area contributed by atoms with Gasteiger partial charge < -0.3 is 10.5 Å². The Balaban J connectivity index is 4.97. The first kappa shape index (κ1) is 16.4. The third-order valence-corrected chi connectivity index (χ3v) is 3.69. The van der Waals surface area contributed by atoms with E-state index in [2.05, 4.69) is 13.8 Å². The molecule has 0 saturated carbocycles. The van der Waals surface area contributed by atoms with E-state index in [9.17, 15) is 4.79 Å². The first-order valence-corrected chi connectivity index (χ1v) is 6.93. The lowest BCUT2D eigenvalue weighted by molar-refractivity contribution is -0.155. The number of ether oxygens (including phenoxy) is 1. The molecule has 1 atom stereocenters. The second kappa shape index (κ2) is 8.51. The monoisotopic (exact) mass is 243 g/mol. The summed E-state index contributed by atoms with van der Waals surface area (Å²) in [4.78, 5) is 12.1. The summed E-state index contributed by atoms with van der Waals surface area (Å²) in [6.07, 6.45) is 6.76. The van der Waals surface area contributed by atoms with Gasteiger partial charge in [0.15, 0.2) is 0 Å². The summed E-state index contributed by atoms with van der Waals surface area (Å²) in [5.74, 6) is -0.117. The Bertz CT molecular complexity index is 208. The second-order valence-corrected chi connectivity index (χ2v) is 4.87. The standard InChI is InChI=1S/C14H29NO2/c1-5-8-10-14(11-9-6-2,12(15)7-3)13(16)17-4/h12H,5-11,15H2,1-4H3. The van der Waals surface area contributed by atoms with Gasteiger partial charge in [0.05, 0.1) is 12.5 Å². The maximum absolute atomic E-state index is 12.1. The highest BCUT2D eigenvalue weighted by Gasteiger charge is 2.42. The quantitative estimate of drug-likeness (QED) is 0.632. The van der Waals surface area contributed by atoms with Crippen LogP contribution in [0.1, 0.15) is 65.7 Å². The second-order valence-electron chi connectivity index (χ2n) is 4.87. The first-order valence-electron chi connectivity index (χ1n) is 6.93. The summed E-state index contributed by atoms with van der Waals surface area (Å²) in [6.45, 7) is 6.32. The molecule has 0 radical (unpaired) electrons. The third kappa shape index (κ3) is 4.30.